The van der Waals surface area contributed by atoms with E-state index in [2.05, 4.69) is 0 Å². The molecule has 2 unspecified atom stereocenters. The van der Waals surface area contributed by atoms with Crippen LogP contribution in [0.5, 0.6) is 0 Å². The van der Waals surface area contributed by atoms with E-state index in [9.17, 15) is 13.2 Å². The lowest BCUT2D eigenvalue weighted by Crippen LogP contribution is -2.36. The summed E-state index contributed by atoms with van der Waals surface area (Å²) < 4.78 is 36.3. The second-order valence-electron chi connectivity index (χ2n) is 4.50. The van der Waals surface area contributed by atoms with Gasteiger partial charge in [0.05, 0.1) is 6.54 Å². The molecule has 2 N–H and O–H groups in total. The second-order valence-corrected chi connectivity index (χ2v) is 4.50. The Labute approximate surface area is 88.6 Å². The van der Waals surface area contributed by atoms with Crippen LogP contribution in [0.2, 0.25) is 0 Å². The number of hydrogen-bond donors (Lipinski definition) is 1. The van der Waals surface area contributed by atoms with Crippen molar-refractivity contribution < 1.29 is 13.2 Å². The van der Waals surface area contributed by atoms with Gasteiger partial charge in [-0.25, -0.2) is 0 Å². The molecule has 0 saturated heterocycles. The predicted octanol–water partition coefficient (Wildman–Crippen LogP) is 1.86. The maximum Gasteiger partial charge on any atom is 0.401 e. The summed E-state index contributed by atoms with van der Waals surface area (Å²) in [5.74, 6) is 0.767. The number of nitrogens with two attached hydrogens (primary N) is 1. The highest BCUT2D eigenvalue weighted by Gasteiger charge is 2.32. The van der Waals surface area contributed by atoms with E-state index in [1.165, 1.54) is 11.9 Å². The molecule has 1 saturated carbocycles. The van der Waals surface area contributed by atoms with Crippen molar-refractivity contribution in [2.75, 3.05) is 26.7 Å². The quantitative estimate of drug-likeness (QED) is 0.789. The Morgan fingerprint density at radius 2 is 1.87 bits per heavy atom. The van der Waals surface area contributed by atoms with Gasteiger partial charge in [0.1, 0.15) is 0 Å². The second kappa shape index (κ2) is 5.16. The molecule has 90 valence electrons. The summed E-state index contributed by atoms with van der Waals surface area (Å²) in [6.45, 7) is 0.298. The molecule has 0 aliphatic heterocycles. The van der Waals surface area contributed by atoms with Crippen LogP contribution in [0.1, 0.15) is 19.3 Å². The van der Waals surface area contributed by atoms with Crippen molar-refractivity contribution in [2.45, 2.75) is 25.4 Å². The van der Waals surface area contributed by atoms with Crippen molar-refractivity contribution in [3.8, 4) is 0 Å². The minimum atomic E-state index is -4.09. The Kier molecular flexibility index (Phi) is 4.40. The molecule has 2 nitrogen and oxygen atoms in total. The predicted molar refractivity (Wildman–Crippen MR) is 53.4 cm³/mol. The van der Waals surface area contributed by atoms with E-state index in [4.69, 9.17) is 5.73 Å². The normalized spacial score (nSPS) is 27.6. The van der Waals surface area contributed by atoms with Crippen LogP contribution in [0.4, 0.5) is 13.2 Å². The summed E-state index contributed by atoms with van der Waals surface area (Å²) in [5.41, 5.74) is 5.59. The number of alkyl halides is 3. The molecule has 0 heterocycles. The Bertz CT molecular complexity index is 194. The van der Waals surface area contributed by atoms with Crippen LogP contribution in [0.15, 0.2) is 0 Å². The van der Waals surface area contributed by atoms with E-state index in [1.807, 2.05) is 0 Å². The van der Waals surface area contributed by atoms with Gasteiger partial charge in [-0.15, -0.1) is 0 Å². The molecule has 0 radical (unpaired) electrons. The van der Waals surface area contributed by atoms with E-state index >= 15 is 0 Å². The number of halogens is 3. The molecule has 5 heteroatoms. The molecule has 0 aromatic heterocycles. The molecule has 1 rings (SSSR count). The third-order valence-corrected chi connectivity index (χ3v) is 3.11. The highest BCUT2D eigenvalue weighted by atomic mass is 19.4. The lowest BCUT2D eigenvalue weighted by molar-refractivity contribution is -0.144. The molecule has 0 spiro atoms. The first kappa shape index (κ1) is 12.8. The molecule has 15 heavy (non-hydrogen) atoms. The van der Waals surface area contributed by atoms with Crippen molar-refractivity contribution in [1.29, 1.82) is 0 Å². The number of nitrogens with zero attached hydrogens (tertiary/aromatic N) is 1. The first-order chi connectivity index (χ1) is 6.92. The Hall–Kier alpha value is -0.290. The van der Waals surface area contributed by atoms with Gasteiger partial charge in [-0.1, -0.05) is 6.42 Å². The number of hydrogen-bond acceptors (Lipinski definition) is 2. The third-order valence-electron chi connectivity index (χ3n) is 3.11. The smallest absolute Gasteiger partial charge is 0.330 e. The Morgan fingerprint density at radius 3 is 2.40 bits per heavy atom. The summed E-state index contributed by atoms with van der Waals surface area (Å²) in [6, 6.07) is 0. The van der Waals surface area contributed by atoms with E-state index < -0.39 is 12.7 Å². The fraction of sp³-hybridized carbons (Fsp3) is 1.00. The summed E-state index contributed by atoms with van der Waals surface area (Å²) in [4.78, 5) is 1.36. The molecule has 1 aliphatic rings. The van der Waals surface area contributed by atoms with Crippen LogP contribution in [0, 0.1) is 11.8 Å². The van der Waals surface area contributed by atoms with E-state index in [1.54, 1.807) is 0 Å². The molecule has 1 fully saturated rings. The molecule has 2 atom stereocenters. The van der Waals surface area contributed by atoms with Crippen molar-refractivity contribution in [1.82, 2.24) is 4.90 Å². The minimum absolute atomic E-state index is 0.349. The zero-order chi connectivity index (χ0) is 11.5. The van der Waals surface area contributed by atoms with Gasteiger partial charge in [0.25, 0.3) is 0 Å². The molecule has 0 aromatic carbocycles. The van der Waals surface area contributed by atoms with Crippen molar-refractivity contribution in [2.24, 2.45) is 17.6 Å². The highest BCUT2D eigenvalue weighted by molar-refractivity contribution is 4.80. The molecular formula is C10H19F3N2. The van der Waals surface area contributed by atoms with Crippen LogP contribution in [-0.4, -0.2) is 37.8 Å². The fourth-order valence-corrected chi connectivity index (χ4v) is 2.44. The topological polar surface area (TPSA) is 29.3 Å². The van der Waals surface area contributed by atoms with E-state index in [-0.39, 0.29) is 0 Å². The average molecular weight is 224 g/mol. The van der Waals surface area contributed by atoms with E-state index in [0.717, 1.165) is 19.3 Å². The van der Waals surface area contributed by atoms with Crippen LogP contribution >= 0.6 is 0 Å². The summed E-state index contributed by atoms with van der Waals surface area (Å²) in [6.07, 6.45) is -0.900. The summed E-state index contributed by atoms with van der Waals surface area (Å²) in [7, 11) is 1.53. The minimum Gasteiger partial charge on any atom is -0.330 e. The first-order valence-corrected chi connectivity index (χ1v) is 5.37. The zero-order valence-electron chi connectivity index (χ0n) is 9.06. The SMILES string of the molecule is CN(CC1CCCC1CN)CC(F)(F)F. The maximum atomic E-state index is 12.1. The number of rotatable bonds is 4. The van der Waals surface area contributed by atoms with Gasteiger partial charge in [-0.3, -0.25) is 4.90 Å². The monoisotopic (exact) mass is 224 g/mol. The Balaban J connectivity index is 2.34. The Morgan fingerprint density at radius 1 is 1.27 bits per heavy atom. The van der Waals surface area contributed by atoms with E-state index in [0.29, 0.717) is 24.9 Å². The van der Waals surface area contributed by atoms with Gasteiger partial charge < -0.3 is 5.73 Å². The van der Waals surface area contributed by atoms with Gasteiger partial charge in [-0.05, 0) is 38.3 Å². The third kappa shape index (κ3) is 4.38. The van der Waals surface area contributed by atoms with Gasteiger partial charge in [0, 0.05) is 6.54 Å². The molecule has 0 amide bonds. The lowest BCUT2D eigenvalue weighted by atomic mass is 9.96. The van der Waals surface area contributed by atoms with Gasteiger partial charge >= 0.3 is 6.18 Å². The van der Waals surface area contributed by atoms with Crippen LogP contribution in [0.3, 0.4) is 0 Å². The van der Waals surface area contributed by atoms with Gasteiger partial charge in [0.15, 0.2) is 0 Å². The summed E-state index contributed by atoms with van der Waals surface area (Å²) in [5, 5.41) is 0. The molecular weight excluding hydrogens is 205 g/mol. The molecule has 0 bridgehead atoms. The largest absolute Gasteiger partial charge is 0.401 e. The van der Waals surface area contributed by atoms with Crippen LogP contribution in [0.25, 0.3) is 0 Å². The van der Waals surface area contributed by atoms with Crippen LogP contribution < -0.4 is 5.73 Å². The molecule has 0 aromatic rings. The standard InChI is InChI=1S/C10H19F3N2/c1-15(7-10(11,12)13)6-9-4-2-3-8(9)5-14/h8-9H,2-7,14H2,1H3. The highest BCUT2D eigenvalue weighted by Crippen LogP contribution is 2.31. The molecule has 1 aliphatic carbocycles. The maximum absolute atomic E-state index is 12.1. The van der Waals surface area contributed by atoms with Crippen molar-refractivity contribution >= 4 is 0 Å². The van der Waals surface area contributed by atoms with Gasteiger partial charge in [-0.2, -0.15) is 13.2 Å². The van der Waals surface area contributed by atoms with Gasteiger partial charge in [0.2, 0.25) is 0 Å². The average Bonchev–Trinajstić information content (AvgIpc) is 2.48. The summed E-state index contributed by atoms with van der Waals surface area (Å²) >= 11 is 0. The lowest BCUT2D eigenvalue weighted by Gasteiger charge is -2.25. The van der Waals surface area contributed by atoms with Crippen molar-refractivity contribution in [3.63, 3.8) is 0 Å². The van der Waals surface area contributed by atoms with Crippen molar-refractivity contribution in [3.05, 3.63) is 0 Å². The fourth-order valence-electron chi connectivity index (χ4n) is 2.44. The zero-order valence-corrected chi connectivity index (χ0v) is 9.06. The first-order valence-electron chi connectivity index (χ1n) is 5.37. The van der Waals surface area contributed by atoms with Crippen LogP contribution in [-0.2, 0) is 0 Å².